The summed E-state index contributed by atoms with van der Waals surface area (Å²) in [5.41, 5.74) is 4.61. The van der Waals surface area contributed by atoms with Gasteiger partial charge in [0.2, 0.25) is 0 Å². The molecule has 0 aromatic heterocycles. The molecule has 1 saturated heterocycles. The van der Waals surface area contributed by atoms with E-state index >= 15 is 0 Å². The lowest BCUT2D eigenvalue weighted by molar-refractivity contribution is 0.266. The summed E-state index contributed by atoms with van der Waals surface area (Å²) >= 11 is 0. The first kappa shape index (κ1) is 10.1. The Morgan fingerprint density at radius 2 is 1.81 bits per heavy atom. The molecule has 1 aromatic carbocycles. The Balaban J connectivity index is 1.87. The summed E-state index contributed by atoms with van der Waals surface area (Å²) in [5, 5.41) is 1.92. The van der Waals surface area contributed by atoms with E-state index in [1.807, 2.05) is 5.01 Å². The molecule has 0 amide bonds. The van der Waals surface area contributed by atoms with Crippen molar-refractivity contribution in [1.82, 2.24) is 5.01 Å². The molecule has 0 saturated carbocycles. The first-order chi connectivity index (χ1) is 7.84. The number of hydrazine groups is 1. The molecule has 1 aliphatic carbocycles. The van der Waals surface area contributed by atoms with Crippen LogP contribution in [-0.4, -0.2) is 31.2 Å². The fraction of sp³-hybridized carbons (Fsp3) is 0.538. The maximum absolute atomic E-state index is 5.79. The summed E-state index contributed by atoms with van der Waals surface area (Å²) in [4.78, 5) is 2.49. The van der Waals surface area contributed by atoms with Gasteiger partial charge in [-0.15, -0.1) is 0 Å². The van der Waals surface area contributed by atoms with Crippen LogP contribution in [0.5, 0.6) is 0 Å². The average Bonchev–Trinajstić information content (AvgIpc) is 2.78. The Morgan fingerprint density at radius 1 is 1.00 bits per heavy atom. The van der Waals surface area contributed by atoms with Crippen LogP contribution in [0.3, 0.4) is 0 Å². The predicted molar refractivity (Wildman–Crippen MR) is 66.4 cm³/mol. The maximum Gasteiger partial charge on any atom is 0.0402 e. The van der Waals surface area contributed by atoms with E-state index in [2.05, 4.69) is 23.1 Å². The second kappa shape index (κ2) is 4.07. The normalized spacial score (nSPS) is 21.2. The van der Waals surface area contributed by atoms with Crippen LogP contribution < -0.4 is 10.7 Å². The van der Waals surface area contributed by atoms with E-state index in [1.165, 1.54) is 24.9 Å². The molecule has 0 atom stereocenters. The first-order valence-corrected chi connectivity index (χ1v) is 6.20. The van der Waals surface area contributed by atoms with Crippen molar-refractivity contribution in [1.29, 1.82) is 0 Å². The SMILES string of the molecule is NN1CCN(c2cccc3c2CCC3)CC1. The van der Waals surface area contributed by atoms with Gasteiger partial charge >= 0.3 is 0 Å². The second-order valence-electron chi connectivity index (χ2n) is 4.79. The topological polar surface area (TPSA) is 32.5 Å². The van der Waals surface area contributed by atoms with Crippen LogP contribution in [0.15, 0.2) is 18.2 Å². The van der Waals surface area contributed by atoms with Crippen LogP contribution in [0.4, 0.5) is 5.69 Å². The fourth-order valence-electron chi connectivity index (χ4n) is 2.86. The van der Waals surface area contributed by atoms with Crippen molar-refractivity contribution in [3.05, 3.63) is 29.3 Å². The monoisotopic (exact) mass is 217 g/mol. The lowest BCUT2D eigenvalue weighted by atomic mass is 10.1. The van der Waals surface area contributed by atoms with Gasteiger partial charge in [0.15, 0.2) is 0 Å². The van der Waals surface area contributed by atoms with Gasteiger partial charge in [-0.2, -0.15) is 0 Å². The molecule has 0 unspecified atom stereocenters. The van der Waals surface area contributed by atoms with Crippen LogP contribution in [0.2, 0.25) is 0 Å². The molecular weight excluding hydrogens is 198 g/mol. The molecule has 3 heteroatoms. The van der Waals surface area contributed by atoms with Crippen molar-refractivity contribution in [2.24, 2.45) is 5.84 Å². The van der Waals surface area contributed by atoms with Gasteiger partial charge in [0.1, 0.15) is 0 Å². The molecule has 3 nitrogen and oxygen atoms in total. The summed E-state index contributed by atoms with van der Waals surface area (Å²) in [6.07, 6.45) is 3.84. The lowest BCUT2D eigenvalue weighted by Gasteiger charge is -2.34. The van der Waals surface area contributed by atoms with Crippen molar-refractivity contribution in [3.63, 3.8) is 0 Å². The summed E-state index contributed by atoms with van der Waals surface area (Å²) < 4.78 is 0. The summed E-state index contributed by atoms with van der Waals surface area (Å²) in [6, 6.07) is 6.76. The van der Waals surface area contributed by atoms with Gasteiger partial charge < -0.3 is 4.90 Å². The van der Waals surface area contributed by atoms with E-state index in [4.69, 9.17) is 5.84 Å². The molecule has 1 fully saturated rings. The Kier molecular flexibility index (Phi) is 2.58. The molecule has 0 radical (unpaired) electrons. The largest absolute Gasteiger partial charge is 0.369 e. The number of aryl methyl sites for hydroxylation is 1. The molecule has 16 heavy (non-hydrogen) atoms. The molecule has 3 rings (SSSR count). The number of rotatable bonds is 1. The molecule has 2 aliphatic rings. The molecule has 1 aliphatic heterocycles. The van der Waals surface area contributed by atoms with Gasteiger partial charge in [0, 0.05) is 31.9 Å². The van der Waals surface area contributed by atoms with E-state index in [-0.39, 0.29) is 0 Å². The minimum absolute atomic E-state index is 0.976. The quantitative estimate of drug-likeness (QED) is 0.717. The molecule has 0 bridgehead atoms. The van der Waals surface area contributed by atoms with E-state index in [1.54, 1.807) is 11.1 Å². The molecule has 1 aromatic rings. The lowest BCUT2D eigenvalue weighted by Crippen LogP contribution is -2.49. The highest BCUT2D eigenvalue weighted by Crippen LogP contribution is 2.31. The number of anilines is 1. The zero-order valence-electron chi connectivity index (χ0n) is 9.65. The highest BCUT2D eigenvalue weighted by molar-refractivity contribution is 5.58. The van der Waals surface area contributed by atoms with Crippen molar-refractivity contribution >= 4 is 5.69 Å². The zero-order chi connectivity index (χ0) is 11.0. The Morgan fingerprint density at radius 3 is 2.62 bits per heavy atom. The van der Waals surface area contributed by atoms with E-state index in [0.29, 0.717) is 0 Å². The number of nitrogens with zero attached hydrogens (tertiary/aromatic N) is 2. The molecule has 0 spiro atoms. The van der Waals surface area contributed by atoms with Gasteiger partial charge in [0.25, 0.3) is 0 Å². The summed E-state index contributed by atoms with van der Waals surface area (Å²) in [6.45, 7) is 4.08. The standard InChI is InChI=1S/C13H19N3/c14-16-9-7-15(8-10-16)13-6-2-4-11-3-1-5-12(11)13/h2,4,6H,1,3,5,7-10,14H2. The first-order valence-electron chi connectivity index (χ1n) is 6.20. The zero-order valence-corrected chi connectivity index (χ0v) is 9.65. The van der Waals surface area contributed by atoms with E-state index in [9.17, 15) is 0 Å². The molecule has 86 valence electrons. The van der Waals surface area contributed by atoms with E-state index in [0.717, 1.165) is 26.2 Å². The van der Waals surface area contributed by atoms with Gasteiger partial charge in [0.05, 0.1) is 0 Å². The average molecular weight is 217 g/mol. The maximum atomic E-state index is 5.79. The smallest absolute Gasteiger partial charge is 0.0402 e. The minimum Gasteiger partial charge on any atom is -0.369 e. The van der Waals surface area contributed by atoms with Crippen LogP contribution in [-0.2, 0) is 12.8 Å². The van der Waals surface area contributed by atoms with Crippen LogP contribution in [0, 0.1) is 0 Å². The predicted octanol–water partition coefficient (Wildman–Crippen LogP) is 1.17. The number of hydrogen-bond acceptors (Lipinski definition) is 3. The van der Waals surface area contributed by atoms with Crippen molar-refractivity contribution in [2.45, 2.75) is 19.3 Å². The third kappa shape index (κ3) is 1.70. The van der Waals surface area contributed by atoms with Gasteiger partial charge in [-0.1, -0.05) is 12.1 Å². The highest BCUT2D eigenvalue weighted by Gasteiger charge is 2.20. The second-order valence-corrected chi connectivity index (χ2v) is 4.79. The molecule has 1 heterocycles. The van der Waals surface area contributed by atoms with Gasteiger partial charge in [-0.3, -0.25) is 5.84 Å². The van der Waals surface area contributed by atoms with Crippen molar-refractivity contribution in [2.75, 3.05) is 31.1 Å². The third-order valence-electron chi connectivity index (χ3n) is 3.78. The minimum atomic E-state index is 0.976. The van der Waals surface area contributed by atoms with Gasteiger partial charge in [-0.25, -0.2) is 5.01 Å². The number of hydrogen-bond donors (Lipinski definition) is 1. The van der Waals surface area contributed by atoms with Crippen LogP contribution in [0.1, 0.15) is 17.5 Å². The number of piperazine rings is 1. The highest BCUT2D eigenvalue weighted by atomic mass is 15.4. The Hall–Kier alpha value is -1.06. The molecule has 2 N–H and O–H groups in total. The van der Waals surface area contributed by atoms with Gasteiger partial charge in [-0.05, 0) is 36.5 Å². The number of benzene rings is 1. The Labute approximate surface area is 96.8 Å². The number of nitrogens with two attached hydrogens (primary N) is 1. The number of fused-ring (bicyclic) bond motifs is 1. The summed E-state index contributed by atoms with van der Waals surface area (Å²) in [5.74, 6) is 5.79. The van der Waals surface area contributed by atoms with Crippen LogP contribution in [0.25, 0.3) is 0 Å². The van der Waals surface area contributed by atoms with Crippen LogP contribution >= 0.6 is 0 Å². The van der Waals surface area contributed by atoms with E-state index < -0.39 is 0 Å². The third-order valence-corrected chi connectivity index (χ3v) is 3.78. The fourth-order valence-corrected chi connectivity index (χ4v) is 2.86. The van der Waals surface area contributed by atoms with Crippen molar-refractivity contribution < 1.29 is 0 Å². The Bertz CT molecular complexity index is 381. The van der Waals surface area contributed by atoms with Crippen molar-refractivity contribution in [3.8, 4) is 0 Å². The molecular formula is C13H19N3. The summed E-state index contributed by atoms with van der Waals surface area (Å²) in [7, 11) is 0.